The highest BCUT2D eigenvalue weighted by Crippen LogP contribution is 2.34. The Hall–Kier alpha value is -4.31. The van der Waals surface area contributed by atoms with Gasteiger partial charge in [0.1, 0.15) is 5.75 Å². The van der Waals surface area contributed by atoms with Gasteiger partial charge in [-0.15, -0.1) is 10.2 Å². The number of nitrogens with zero attached hydrogens (tertiary/aromatic N) is 6. The maximum Gasteiger partial charge on any atom is 0.272 e. The third kappa shape index (κ3) is 5.01. The second-order valence-electron chi connectivity index (χ2n) is 8.94. The van der Waals surface area contributed by atoms with E-state index in [9.17, 15) is 4.79 Å². The van der Waals surface area contributed by atoms with Gasteiger partial charge in [0.15, 0.2) is 11.5 Å². The quantitative estimate of drug-likeness (QED) is 0.304. The lowest BCUT2D eigenvalue weighted by atomic mass is 10.0. The van der Waals surface area contributed by atoms with Gasteiger partial charge in [-0.25, -0.2) is 4.68 Å². The van der Waals surface area contributed by atoms with Gasteiger partial charge < -0.3 is 10.1 Å². The van der Waals surface area contributed by atoms with Crippen LogP contribution in [0, 0.1) is 5.92 Å². The molecular formula is C26H25ClN8O2. The lowest BCUT2D eigenvalue weighted by Crippen LogP contribution is -2.30. The van der Waals surface area contributed by atoms with E-state index in [0.29, 0.717) is 40.1 Å². The molecule has 0 radical (unpaired) electrons. The second-order valence-corrected chi connectivity index (χ2v) is 9.38. The number of fused-ring (bicyclic) bond motifs is 1. The highest BCUT2D eigenvalue weighted by molar-refractivity contribution is 6.31. The number of halogens is 1. The summed E-state index contributed by atoms with van der Waals surface area (Å²) in [5.41, 5.74) is 3.17. The first-order valence-corrected chi connectivity index (χ1v) is 12.1. The van der Waals surface area contributed by atoms with Gasteiger partial charge in [0.25, 0.3) is 5.91 Å². The standard InChI is InChI=1S/C26H25ClN8O2/c1-15(2)12-20(25-30-33-34-31-25)29-26(36)21-14-23(18-6-4-5-7-24(18)37-3)35(32-21)22-10-11-28-19-13-16(27)8-9-17(19)22/h4-11,13-15,20H,12H2,1-3H3,(H,29,36)(H,30,31,33,34). The number of hydrogen-bond donors (Lipinski definition) is 2. The summed E-state index contributed by atoms with van der Waals surface area (Å²) in [6.07, 6.45) is 2.33. The summed E-state index contributed by atoms with van der Waals surface area (Å²) in [7, 11) is 1.61. The van der Waals surface area contributed by atoms with Gasteiger partial charge in [-0.3, -0.25) is 9.78 Å². The number of H-pyrrole nitrogens is 1. The van der Waals surface area contributed by atoms with Gasteiger partial charge in [0.2, 0.25) is 0 Å². The number of carbonyl (C=O) groups is 1. The van der Waals surface area contributed by atoms with Crippen LogP contribution in [0.4, 0.5) is 0 Å². The fourth-order valence-electron chi connectivity index (χ4n) is 4.26. The number of aromatic amines is 1. The summed E-state index contributed by atoms with van der Waals surface area (Å²) < 4.78 is 7.36. The van der Waals surface area contributed by atoms with E-state index in [2.05, 4.69) is 44.8 Å². The number of amides is 1. The zero-order valence-electron chi connectivity index (χ0n) is 20.5. The molecule has 0 aliphatic heterocycles. The molecule has 0 aliphatic rings. The molecule has 1 atom stereocenters. The Bertz CT molecular complexity index is 1550. The second kappa shape index (κ2) is 10.4. The Morgan fingerprint density at radius 1 is 1.16 bits per heavy atom. The summed E-state index contributed by atoms with van der Waals surface area (Å²) in [5.74, 6) is 1.01. The number of nitrogens with one attached hydrogen (secondary N) is 2. The number of aromatic nitrogens is 7. The van der Waals surface area contributed by atoms with E-state index in [1.165, 1.54) is 0 Å². The molecule has 5 aromatic rings. The number of rotatable bonds is 8. The zero-order valence-corrected chi connectivity index (χ0v) is 21.3. The monoisotopic (exact) mass is 516 g/mol. The van der Waals surface area contributed by atoms with Crippen molar-refractivity contribution in [3.8, 4) is 22.7 Å². The molecule has 1 unspecified atom stereocenters. The molecular weight excluding hydrogens is 492 g/mol. The molecule has 1 amide bonds. The minimum atomic E-state index is -0.421. The number of hydrogen-bond acceptors (Lipinski definition) is 7. The van der Waals surface area contributed by atoms with Crippen molar-refractivity contribution >= 4 is 28.4 Å². The van der Waals surface area contributed by atoms with Gasteiger partial charge in [0.05, 0.1) is 30.0 Å². The Balaban J connectivity index is 1.63. The number of tetrazole rings is 1. The molecule has 0 bridgehead atoms. The number of para-hydroxylation sites is 1. The summed E-state index contributed by atoms with van der Waals surface area (Å²) in [6, 6.07) is 16.3. The van der Waals surface area contributed by atoms with Crippen molar-refractivity contribution < 1.29 is 9.53 Å². The van der Waals surface area contributed by atoms with Gasteiger partial charge in [-0.2, -0.15) is 10.3 Å². The van der Waals surface area contributed by atoms with Crippen molar-refractivity contribution in [1.82, 2.24) is 40.7 Å². The molecule has 2 N–H and O–H groups in total. The third-order valence-corrected chi connectivity index (χ3v) is 6.16. The van der Waals surface area contributed by atoms with E-state index < -0.39 is 6.04 Å². The van der Waals surface area contributed by atoms with Gasteiger partial charge in [-0.1, -0.05) is 42.8 Å². The van der Waals surface area contributed by atoms with Crippen LogP contribution in [0.3, 0.4) is 0 Å². The minimum absolute atomic E-state index is 0.233. The molecule has 0 fully saturated rings. The van der Waals surface area contributed by atoms with E-state index >= 15 is 0 Å². The number of methoxy groups -OCH3 is 1. The zero-order chi connectivity index (χ0) is 25.9. The van der Waals surface area contributed by atoms with E-state index in [-0.39, 0.29) is 11.6 Å². The summed E-state index contributed by atoms with van der Waals surface area (Å²) >= 11 is 6.21. The first-order valence-electron chi connectivity index (χ1n) is 11.8. The topological polar surface area (TPSA) is 124 Å². The Labute approximate surface area is 218 Å². The fraction of sp³-hybridized carbons (Fsp3) is 0.231. The molecule has 0 spiro atoms. The van der Waals surface area contributed by atoms with Crippen LogP contribution in [0.5, 0.6) is 5.75 Å². The van der Waals surface area contributed by atoms with E-state index in [0.717, 1.165) is 16.6 Å². The predicted molar refractivity (Wildman–Crippen MR) is 140 cm³/mol. The van der Waals surface area contributed by atoms with Crippen LogP contribution < -0.4 is 10.1 Å². The highest BCUT2D eigenvalue weighted by atomic mass is 35.5. The highest BCUT2D eigenvalue weighted by Gasteiger charge is 2.25. The maximum absolute atomic E-state index is 13.5. The molecule has 0 saturated carbocycles. The van der Waals surface area contributed by atoms with E-state index in [4.69, 9.17) is 21.4 Å². The van der Waals surface area contributed by atoms with Crippen LogP contribution in [0.15, 0.2) is 60.8 Å². The molecule has 3 aromatic heterocycles. The van der Waals surface area contributed by atoms with Crippen LogP contribution in [-0.2, 0) is 0 Å². The molecule has 0 saturated heterocycles. The molecule has 5 rings (SSSR count). The minimum Gasteiger partial charge on any atom is -0.496 e. The smallest absolute Gasteiger partial charge is 0.272 e. The maximum atomic E-state index is 13.5. The number of pyridine rings is 1. The number of carbonyl (C=O) groups excluding carboxylic acids is 1. The average Bonchev–Trinajstić information content (AvgIpc) is 3.58. The molecule has 37 heavy (non-hydrogen) atoms. The van der Waals surface area contributed by atoms with Gasteiger partial charge in [-0.05, 0) is 54.8 Å². The predicted octanol–water partition coefficient (Wildman–Crippen LogP) is 4.78. The van der Waals surface area contributed by atoms with Crippen molar-refractivity contribution in [2.24, 2.45) is 5.92 Å². The van der Waals surface area contributed by atoms with Crippen LogP contribution >= 0.6 is 11.6 Å². The Morgan fingerprint density at radius 3 is 2.76 bits per heavy atom. The van der Waals surface area contributed by atoms with Crippen molar-refractivity contribution in [2.75, 3.05) is 7.11 Å². The van der Waals surface area contributed by atoms with Crippen LogP contribution in [-0.4, -0.2) is 48.4 Å². The molecule has 0 aliphatic carbocycles. The lowest BCUT2D eigenvalue weighted by Gasteiger charge is -2.16. The van der Waals surface area contributed by atoms with Gasteiger partial charge in [0, 0.05) is 22.2 Å². The molecule has 188 valence electrons. The SMILES string of the molecule is COc1ccccc1-c1cc(C(=O)NC(CC(C)C)c2nn[nH]n2)nn1-c1ccnc2cc(Cl)ccc12. The molecule has 11 heteroatoms. The van der Waals surface area contributed by atoms with E-state index in [1.807, 2.05) is 36.4 Å². The van der Waals surface area contributed by atoms with Crippen LogP contribution in [0.2, 0.25) is 5.02 Å². The Kier molecular flexibility index (Phi) is 6.82. The van der Waals surface area contributed by atoms with Crippen molar-refractivity contribution in [1.29, 1.82) is 0 Å². The lowest BCUT2D eigenvalue weighted by molar-refractivity contribution is 0.0924. The van der Waals surface area contributed by atoms with Crippen molar-refractivity contribution in [3.63, 3.8) is 0 Å². The average molecular weight is 517 g/mol. The first kappa shape index (κ1) is 24.4. The summed E-state index contributed by atoms with van der Waals surface area (Å²) in [4.78, 5) is 17.9. The molecule has 3 heterocycles. The van der Waals surface area contributed by atoms with Crippen LogP contribution in [0.1, 0.15) is 42.6 Å². The first-order chi connectivity index (χ1) is 17.9. The molecule has 2 aromatic carbocycles. The van der Waals surface area contributed by atoms with Crippen molar-refractivity contribution in [2.45, 2.75) is 26.3 Å². The third-order valence-electron chi connectivity index (χ3n) is 5.92. The van der Waals surface area contributed by atoms with Gasteiger partial charge >= 0.3 is 0 Å². The van der Waals surface area contributed by atoms with Crippen molar-refractivity contribution in [3.05, 3.63) is 77.3 Å². The van der Waals surface area contributed by atoms with E-state index in [1.54, 1.807) is 36.2 Å². The van der Waals surface area contributed by atoms with Crippen LogP contribution in [0.25, 0.3) is 27.8 Å². The normalized spacial score (nSPS) is 12.1. The number of benzene rings is 2. The summed E-state index contributed by atoms with van der Waals surface area (Å²) in [5, 5.41) is 23.4. The largest absolute Gasteiger partial charge is 0.496 e. The number of ether oxygens (including phenoxy) is 1. The summed E-state index contributed by atoms with van der Waals surface area (Å²) in [6.45, 7) is 4.13. The molecule has 10 nitrogen and oxygen atoms in total. The Morgan fingerprint density at radius 2 is 2.00 bits per heavy atom. The fourth-order valence-corrected chi connectivity index (χ4v) is 4.43.